The standard InChI is InChI=1S/C20H21N5O3S/c1-3-18-23-24-20(29)25(18)21-12-14-9-10-16(17(11-14)27-2)28-13-19(26)22-15-7-5-4-6-8-15/h4-12H,3,13H2,1-2H3,(H,22,26)(H,24,29)/b21-12+. The van der Waals surface area contributed by atoms with E-state index in [9.17, 15) is 4.79 Å². The van der Waals surface area contributed by atoms with Crippen molar-refractivity contribution in [3.63, 3.8) is 0 Å². The number of nitrogens with zero attached hydrogens (tertiary/aromatic N) is 3. The number of H-pyrrole nitrogens is 1. The number of aromatic amines is 1. The monoisotopic (exact) mass is 411 g/mol. The number of para-hydroxylation sites is 1. The van der Waals surface area contributed by atoms with E-state index in [2.05, 4.69) is 20.6 Å². The fourth-order valence-corrected chi connectivity index (χ4v) is 2.74. The zero-order valence-electron chi connectivity index (χ0n) is 16.1. The molecule has 0 aliphatic rings. The molecule has 29 heavy (non-hydrogen) atoms. The van der Waals surface area contributed by atoms with Gasteiger partial charge in [-0.2, -0.15) is 14.9 Å². The van der Waals surface area contributed by atoms with E-state index >= 15 is 0 Å². The number of aromatic nitrogens is 3. The smallest absolute Gasteiger partial charge is 0.262 e. The highest BCUT2D eigenvalue weighted by molar-refractivity contribution is 7.71. The maximum absolute atomic E-state index is 12.1. The van der Waals surface area contributed by atoms with E-state index in [1.165, 1.54) is 7.11 Å². The highest BCUT2D eigenvalue weighted by Crippen LogP contribution is 2.27. The molecule has 0 saturated heterocycles. The zero-order chi connectivity index (χ0) is 20.6. The van der Waals surface area contributed by atoms with Gasteiger partial charge in [0.2, 0.25) is 4.77 Å². The van der Waals surface area contributed by atoms with Crippen LogP contribution in [0.2, 0.25) is 0 Å². The molecule has 0 atom stereocenters. The highest BCUT2D eigenvalue weighted by Gasteiger charge is 2.09. The summed E-state index contributed by atoms with van der Waals surface area (Å²) in [5.74, 6) is 1.43. The van der Waals surface area contributed by atoms with E-state index in [4.69, 9.17) is 21.7 Å². The van der Waals surface area contributed by atoms with Gasteiger partial charge in [0.25, 0.3) is 5.91 Å². The minimum absolute atomic E-state index is 0.136. The number of rotatable bonds is 8. The fraction of sp³-hybridized carbons (Fsp3) is 0.200. The van der Waals surface area contributed by atoms with E-state index in [-0.39, 0.29) is 12.5 Å². The Morgan fingerprint density at radius 1 is 1.28 bits per heavy atom. The van der Waals surface area contributed by atoms with Crippen LogP contribution >= 0.6 is 12.2 Å². The molecule has 1 aromatic heterocycles. The number of carbonyl (C=O) groups is 1. The van der Waals surface area contributed by atoms with Crippen molar-refractivity contribution in [3.8, 4) is 11.5 Å². The Hall–Kier alpha value is -3.46. The number of hydrogen-bond acceptors (Lipinski definition) is 6. The molecule has 3 rings (SSSR count). The average Bonchev–Trinajstić information content (AvgIpc) is 3.11. The molecular weight excluding hydrogens is 390 g/mol. The molecule has 0 bridgehead atoms. The van der Waals surface area contributed by atoms with Gasteiger partial charge >= 0.3 is 0 Å². The molecule has 0 radical (unpaired) electrons. The van der Waals surface area contributed by atoms with Crippen LogP contribution in [0.3, 0.4) is 0 Å². The molecule has 0 unspecified atom stereocenters. The third-order valence-electron chi connectivity index (χ3n) is 3.96. The summed E-state index contributed by atoms with van der Waals surface area (Å²) in [5.41, 5.74) is 1.50. The predicted molar refractivity (Wildman–Crippen MR) is 113 cm³/mol. The number of amides is 1. The van der Waals surface area contributed by atoms with E-state index in [0.29, 0.717) is 28.4 Å². The maximum atomic E-state index is 12.1. The molecule has 0 aliphatic carbocycles. The normalized spacial score (nSPS) is 10.8. The fourth-order valence-electron chi connectivity index (χ4n) is 2.54. The largest absolute Gasteiger partial charge is 0.493 e. The minimum atomic E-state index is -0.259. The van der Waals surface area contributed by atoms with Gasteiger partial charge in [-0.15, -0.1) is 0 Å². The summed E-state index contributed by atoms with van der Waals surface area (Å²) in [6, 6.07) is 14.5. The Labute approximate surface area is 173 Å². The molecule has 9 heteroatoms. The van der Waals surface area contributed by atoms with Crippen LogP contribution in [0.1, 0.15) is 18.3 Å². The van der Waals surface area contributed by atoms with E-state index < -0.39 is 0 Å². The molecule has 2 N–H and O–H groups in total. The lowest BCUT2D eigenvalue weighted by Crippen LogP contribution is -2.20. The Balaban J connectivity index is 1.67. The van der Waals surface area contributed by atoms with Crippen molar-refractivity contribution in [1.29, 1.82) is 0 Å². The van der Waals surface area contributed by atoms with Gasteiger partial charge in [0.15, 0.2) is 23.9 Å². The van der Waals surface area contributed by atoms with Crippen molar-refractivity contribution in [2.75, 3.05) is 19.0 Å². The summed E-state index contributed by atoms with van der Waals surface area (Å²) < 4.78 is 13.0. The van der Waals surface area contributed by atoms with Crippen LogP contribution in [-0.4, -0.2) is 40.7 Å². The summed E-state index contributed by atoms with van der Waals surface area (Å²) in [6.45, 7) is 1.84. The predicted octanol–water partition coefficient (Wildman–Crippen LogP) is 3.41. The number of ether oxygens (including phenoxy) is 2. The van der Waals surface area contributed by atoms with Crippen molar-refractivity contribution in [3.05, 3.63) is 64.7 Å². The highest BCUT2D eigenvalue weighted by atomic mass is 32.1. The first kappa shape index (κ1) is 20.3. The molecule has 150 valence electrons. The molecule has 0 spiro atoms. The van der Waals surface area contributed by atoms with Gasteiger partial charge in [-0.05, 0) is 48.1 Å². The van der Waals surface area contributed by atoms with Crippen molar-refractivity contribution >= 4 is 30.0 Å². The summed E-state index contributed by atoms with van der Waals surface area (Å²) in [7, 11) is 1.54. The zero-order valence-corrected chi connectivity index (χ0v) is 16.9. The summed E-state index contributed by atoms with van der Waals surface area (Å²) in [6.07, 6.45) is 2.35. The Morgan fingerprint density at radius 2 is 2.07 bits per heavy atom. The van der Waals surface area contributed by atoms with Crippen LogP contribution in [0.15, 0.2) is 53.6 Å². The Kier molecular flexibility index (Phi) is 6.75. The van der Waals surface area contributed by atoms with E-state index in [1.807, 2.05) is 43.3 Å². The van der Waals surface area contributed by atoms with Gasteiger partial charge < -0.3 is 14.8 Å². The van der Waals surface area contributed by atoms with Gasteiger partial charge in [-0.3, -0.25) is 9.89 Å². The molecular formula is C20H21N5O3S. The SMILES string of the molecule is CCc1n[nH]c(=S)n1/N=C/c1ccc(OCC(=O)Nc2ccccc2)c(OC)c1. The molecule has 8 nitrogen and oxygen atoms in total. The molecule has 0 saturated carbocycles. The second-order valence-electron chi connectivity index (χ2n) is 5.97. The number of anilines is 1. The number of hydrogen-bond donors (Lipinski definition) is 2. The molecule has 1 amide bonds. The first-order chi connectivity index (χ1) is 14.1. The summed E-state index contributed by atoms with van der Waals surface area (Å²) in [4.78, 5) is 12.1. The van der Waals surface area contributed by atoms with Crippen molar-refractivity contribution in [1.82, 2.24) is 14.9 Å². The molecule has 0 aliphatic heterocycles. The number of aryl methyl sites for hydroxylation is 1. The lowest BCUT2D eigenvalue weighted by atomic mass is 10.2. The average molecular weight is 411 g/mol. The van der Waals surface area contributed by atoms with Crippen LogP contribution in [-0.2, 0) is 11.2 Å². The second-order valence-corrected chi connectivity index (χ2v) is 6.35. The van der Waals surface area contributed by atoms with E-state index in [1.54, 1.807) is 23.0 Å². The summed E-state index contributed by atoms with van der Waals surface area (Å²) in [5, 5.41) is 14.0. The van der Waals surface area contributed by atoms with Gasteiger partial charge in [0.05, 0.1) is 13.3 Å². The quantitative estimate of drug-likeness (QED) is 0.438. The van der Waals surface area contributed by atoms with Gasteiger partial charge in [0.1, 0.15) is 0 Å². The summed E-state index contributed by atoms with van der Waals surface area (Å²) >= 11 is 5.18. The lowest BCUT2D eigenvalue weighted by Gasteiger charge is -2.11. The first-order valence-corrected chi connectivity index (χ1v) is 9.38. The topological polar surface area (TPSA) is 93.5 Å². The number of nitrogens with one attached hydrogen (secondary N) is 2. The van der Waals surface area contributed by atoms with Crippen LogP contribution in [0.25, 0.3) is 0 Å². The van der Waals surface area contributed by atoms with Crippen molar-refractivity contribution in [2.24, 2.45) is 5.10 Å². The third-order valence-corrected chi connectivity index (χ3v) is 4.22. The Bertz CT molecular complexity index is 1060. The maximum Gasteiger partial charge on any atom is 0.262 e. The van der Waals surface area contributed by atoms with E-state index in [0.717, 1.165) is 11.4 Å². The third kappa shape index (κ3) is 5.29. The van der Waals surface area contributed by atoms with Gasteiger partial charge in [-0.25, -0.2) is 0 Å². The lowest BCUT2D eigenvalue weighted by molar-refractivity contribution is -0.118. The molecule has 3 aromatic rings. The van der Waals surface area contributed by atoms with Crippen LogP contribution < -0.4 is 14.8 Å². The van der Waals surface area contributed by atoms with Gasteiger partial charge in [0, 0.05) is 12.1 Å². The van der Waals surface area contributed by atoms with Crippen LogP contribution in [0.5, 0.6) is 11.5 Å². The van der Waals surface area contributed by atoms with Crippen LogP contribution in [0.4, 0.5) is 5.69 Å². The van der Waals surface area contributed by atoms with Crippen molar-refractivity contribution in [2.45, 2.75) is 13.3 Å². The van der Waals surface area contributed by atoms with Crippen molar-refractivity contribution < 1.29 is 14.3 Å². The molecule has 1 heterocycles. The molecule has 2 aromatic carbocycles. The number of methoxy groups -OCH3 is 1. The van der Waals surface area contributed by atoms with Crippen LogP contribution in [0, 0.1) is 4.77 Å². The Morgan fingerprint density at radius 3 is 2.79 bits per heavy atom. The minimum Gasteiger partial charge on any atom is -0.493 e. The van der Waals surface area contributed by atoms with Gasteiger partial charge in [-0.1, -0.05) is 25.1 Å². The molecule has 0 fully saturated rings. The second kappa shape index (κ2) is 9.65. The number of carbonyl (C=O) groups excluding carboxylic acids is 1. The number of benzene rings is 2. The first-order valence-electron chi connectivity index (χ1n) is 8.97.